The van der Waals surface area contributed by atoms with Gasteiger partial charge in [-0.05, 0) is 25.6 Å². The largest absolute Gasteiger partial charge is 0.365 e. The molecule has 0 amide bonds. The molecule has 1 nitrogen and oxygen atoms in total. The fourth-order valence-electron chi connectivity index (χ4n) is 1.40. The second-order valence-corrected chi connectivity index (χ2v) is 4.15. The zero-order valence-corrected chi connectivity index (χ0v) is 10.8. The van der Waals surface area contributed by atoms with Crippen LogP contribution < -0.4 is 0 Å². The van der Waals surface area contributed by atoms with Gasteiger partial charge in [0, 0.05) is 6.54 Å². The van der Waals surface area contributed by atoms with Gasteiger partial charge in [0.15, 0.2) is 0 Å². The Bertz CT molecular complexity index is 330. The molecule has 0 N–H and O–H groups in total. The van der Waals surface area contributed by atoms with E-state index in [1.54, 1.807) is 0 Å². The quantitative estimate of drug-likeness (QED) is 0.700. The van der Waals surface area contributed by atoms with Crippen LogP contribution in [0.5, 0.6) is 0 Å². The number of hydrogen-bond acceptors (Lipinski definition) is 1. The number of rotatable bonds is 5. The van der Waals surface area contributed by atoms with Gasteiger partial charge in [0.25, 0.3) is 0 Å². The van der Waals surface area contributed by atoms with Gasteiger partial charge in [0.2, 0.25) is 0 Å². The molecule has 1 aromatic carbocycles. The summed E-state index contributed by atoms with van der Waals surface area (Å²) >= 11 is 0. The Kier molecular flexibility index (Phi) is 5.91. The third-order valence-corrected chi connectivity index (χ3v) is 2.66. The lowest BCUT2D eigenvalue weighted by molar-refractivity contribution is 0.229. The maximum absolute atomic E-state index is 3.85. The first-order valence-electron chi connectivity index (χ1n) is 5.17. The zero-order chi connectivity index (χ0) is 11.3. The number of halogens is 1. The van der Waals surface area contributed by atoms with Gasteiger partial charge < -0.3 is 4.90 Å². The molecule has 0 saturated carbocycles. The second kappa shape index (κ2) is 6.39. The average molecular weight is 238 g/mol. The summed E-state index contributed by atoms with van der Waals surface area (Å²) in [6, 6.07) is 10.4. The Labute approximate surface area is 105 Å². The van der Waals surface area contributed by atoms with Gasteiger partial charge >= 0.3 is 0 Å². The molecule has 2 heteroatoms. The summed E-state index contributed by atoms with van der Waals surface area (Å²) in [5.41, 5.74) is 1.23. The lowest BCUT2D eigenvalue weighted by Crippen LogP contribution is -2.37. The summed E-state index contributed by atoms with van der Waals surface area (Å²) in [5.74, 6) is 0. The second-order valence-electron chi connectivity index (χ2n) is 4.15. The van der Waals surface area contributed by atoms with Crippen molar-refractivity contribution < 1.29 is 0 Å². The average Bonchev–Trinajstić information content (AvgIpc) is 2.27. The fourth-order valence-corrected chi connectivity index (χ4v) is 1.40. The van der Waals surface area contributed by atoms with E-state index in [0.717, 1.165) is 6.54 Å². The lowest BCUT2D eigenvalue weighted by Gasteiger charge is -2.35. The summed E-state index contributed by atoms with van der Waals surface area (Å²) in [7, 11) is 0. The standard InChI is InChI=1S/C14H19N.ClH/c1-5-14(3,4)15(6-2)12-13-10-8-7-9-11-13;/h5-11H,1-2,12H2,3-4H3;1H. The summed E-state index contributed by atoms with van der Waals surface area (Å²) < 4.78 is 0. The van der Waals surface area contributed by atoms with Gasteiger partial charge in [-0.15, -0.1) is 19.0 Å². The minimum Gasteiger partial charge on any atom is -0.365 e. The molecule has 1 aromatic rings. The maximum Gasteiger partial charge on any atom is 0.0523 e. The highest BCUT2D eigenvalue weighted by atomic mass is 35.5. The Morgan fingerprint density at radius 2 is 1.75 bits per heavy atom. The van der Waals surface area contributed by atoms with Crippen LogP contribution in [0.15, 0.2) is 55.8 Å². The molecule has 0 aliphatic rings. The van der Waals surface area contributed by atoms with Crippen molar-refractivity contribution in [1.29, 1.82) is 0 Å². The van der Waals surface area contributed by atoms with Gasteiger partial charge in [0.05, 0.1) is 5.54 Å². The third-order valence-electron chi connectivity index (χ3n) is 2.66. The first kappa shape index (κ1) is 14.8. The topological polar surface area (TPSA) is 3.24 Å². The summed E-state index contributed by atoms with van der Waals surface area (Å²) in [4.78, 5) is 2.18. The molecular weight excluding hydrogens is 218 g/mol. The highest BCUT2D eigenvalue weighted by molar-refractivity contribution is 5.85. The molecule has 16 heavy (non-hydrogen) atoms. The third kappa shape index (κ3) is 3.74. The van der Waals surface area contributed by atoms with Crippen molar-refractivity contribution >= 4 is 12.4 Å². The zero-order valence-electron chi connectivity index (χ0n) is 10.0. The fraction of sp³-hybridized carbons (Fsp3) is 0.286. The van der Waals surface area contributed by atoms with Crippen molar-refractivity contribution in [2.45, 2.75) is 25.9 Å². The van der Waals surface area contributed by atoms with Crippen LogP contribution in [-0.4, -0.2) is 10.4 Å². The molecule has 0 aromatic heterocycles. The molecular formula is C14H20ClN. The van der Waals surface area contributed by atoms with E-state index in [-0.39, 0.29) is 17.9 Å². The van der Waals surface area contributed by atoms with Crippen LogP contribution in [0.3, 0.4) is 0 Å². The van der Waals surface area contributed by atoms with E-state index in [1.165, 1.54) is 5.56 Å². The Balaban J connectivity index is 0.00000225. The summed E-state index contributed by atoms with van der Waals surface area (Å²) in [6.45, 7) is 12.8. The minimum absolute atomic E-state index is 0. The van der Waals surface area contributed by atoms with Crippen LogP contribution in [0, 0.1) is 0 Å². The number of hydrogen-bond donors (Lipinski definition) is 0. The van der Waals surface area contributed by atoms with Crippen molar-refractivity contribution in [3.63, 3.8) is 0 Å². The van der Waals surface area contributed by atoms with Crippen molar-refractivity contribution in [3.8, 4) is 0 Å². The Morgan fingerprint density at radius 3 is 2.19 bits per heavy atom. The molecule has 0 heterocycles. The van der Waals surface area contributed by atoms with E-state index in [1.807, 2.05) is 18.3 Å². The summed E-state index contributed by atoms with van der Waals surface area (Å²) in [5, 5.41) is 0. The van der Waals surface area contributed by atoms with E-state index in [4.69, 9.17) is 0 Å². The first-order valence-corrected chi connectivity index (χ1v) is 5.17. The Hall–Kier alpha value is -1.21. The predicted octanol–water partition coefficient (Wildman–Crippen LogP) is 4.02. The molecule has 0 atom stereocenters. The highest BCUT2D eigenvalue weighted by Crippen LogP contribution is 2.18. The van der Waals surface area contributed by atoms with E-state index in [0.29, 0.717) is 0 Å². The van der Waals surface area contributed by atoms with Crippen molar-refractivity contribution in [2.24, 2.45) is 0 Å². The minimum atomic E-state index is -0.0579. The van der Waals surface area contributed by atoms with Gasteiger partial charge in [0.1, 0.15) is 0 Å². The maximum atomic E-state index is 3.85. The normalized spacial score (nSPS) is 10.1. The van der Waals surface area contributed by atoms with E-state index >= 15 is 0 Å². The number of nitrogens with zero attached hydrogens (tertiary/aromatic N) is 1. The smallest absolute Gasteiger partial charge is 0.0523 e. The van der Waals surface area contributed by atoms with Gasteiger partial charge in [-0.25, -0.2) is 0 Å². The SMILES string of the molecule is C=CN(Cc1ccccc1)C(C)(C)C=C.Cl. The monoisotopic (exact) mass is 237 g/mol. The molecule has 0 spiro atoms. The molecule has 0 aliphatic carbocycles. The van der Waals surface area contributed by atoms with Crippen LogP contribution in [0.1, 0.15) is 19.4 Å². The van der Waals surface area contributed by atoms with Crippen molar-refractivity contribution in [1.82, 2.24) is 4.90 Å². The summed E-state index contributed by atoms with van der Waals surface area (Å²) in [6.07, 6.45) is 3.81. The lowest BCUT2D eigenvalue weighted by atomic mass is 10.0. The molecule has 0 aliphatic heterocycles. The Morgan fingerprint density at radius 1 is 1.19 bits per heavy atom. The van der Waals surface area contributed by atoms with Crippen LogP contribution >= 0.6 is 12.4 Å². The van der Waals surface area contributed by atoms with E-state index < -0.39 is 0 Å². The molecule has 0 unspecified atom stereocenters. The van der Waals surface area contributed by atoms with Crippen LogP contribution in [0.25, 0.3) is 0 Å². The van der Waals surface area contributed by atoms with Crippen molar-refractivity contribution in [3.05, 3.63) is 61.3 Å². The van der Waals surface area contributed by atoms with E-state index in [2.05, 4.69) is 56.2 Å². The molecule has 0 fully saturated rings. The van der Waals surface area contributed by atoms with Gasteiger partial charge in [-0.1, -0.05) is 43.0 Å². The number of benzene rings is 1. The molecule has 1 rings (SSSR count). The highest BCUT2D eigenvalue weighted by Gasteiger charge is 2.19. The van der Waals surface area contributed by atoms with E-state index in [9.17, 15) is 0 Å². The van der Waals surface area contributed by atoms with Crippen LogP contribution in [0.4, 0.5) is 0 Å². The van der Waals surface area contributed by atoms with Gasteiger partial charge in [-0.2, -0.15) is 0 Å². The van der Waals surface area contributed by atoms with Crippen LogP contribution in [-0.2, 0) is 6.54 Å². The molecule has 0 radical (unpaired) electrons. The van der Waals surface area contributed by atoms with Crippen molar-refractivity contribution in [2.75, 3.05) is 0 Å². The predicted molar refractivity (Wildman–Crippen MR) is 73.7 cm³/mol. The molecule has 88 valence electrons. The van der Waals surface area contributed by atoms with Gasteiger partial charge in [-0.3, -0.25) is 0 Å². The molecule has 0 saturated heterocycles. The van der Waals surface area contributed by atoms with Crippen LogP contribution in [0.2, 0.25) is 0 Å². The molecule has 0 bridgehead atoms. The first-order chi connectivity index (χ1) is 7.10.